The summed E-state index contributed by atoms with van der Waals surface area (Å²) in [6.07, 6.45) is 0. The summed E-state index contributed by atoms with van der Waals surface area (Å²) in [5.74, 6) is 0.535. The zero-order valence-corrected chi connectivity index (χ0v) is 9.80. The summed E-state index contributed by atoms with van der Waals surface area (Å²) < 4.78 is 0.956. The van der Waals surface area contributed by atoms with Gasteiger partial charge < -0.3 is 0 Å². The van der Waals surface area contributed by atoms with Gasteiger partial charge in [-0.3, -0.25) is 0 Å². The second-order valence-corrected chi connectivity index (χ2v) is 3.75. The first-order valence-electron chi connectivity index (χ1n) is 4.35. The zero-order chi connectivity index (χ0) is 10.7. The van der Waals surface area contributed by atoms with Gasteiger partial charge in [-0.15, -0.1) is 0 Å². The maximum atomic E-state index is 3.90. The first kappa shape index (κ1) is 10.0. The average molecular weight is 266 g/mol. The molecule has 1 aromatic carbocycles. The van der Waals surface area contributed by atoms with Crippen LogP contribution in [-0.2, 0) is 0 Å². The van der Waals surface area contributed by atoms with E-state index in [1.807, 2.05) is 42.3 Å². The standard InChI is InChI=1S/C9H9N5Se/c1-14(9-10-12-13-11-9)8(15)7-5-3-2-4-6-7/h2-6H,1H3,(H,10,11,12,13). The quantitative estimate of drug-likeness (QED) is 0.793. The summed E-state index contributed by atoms with van der Waals surface area (Å²) in [6.45, 7) is 0. The Morgan fingerprint density at radius 2 is 2.07 bits per heavy atom. The molecule has 0 aliphatic rings. The number of tetrazole rings is 1. The minimum absolute atomic E-state index is 0.535. The summed E-state index contributed by atoms with van der Waals surface area (Å²) in [4.78, 5) is 1.83. The van der Waals surface area contributed by atoms with Crippen LogP contribution in [0.1, 0.15) is 5.56 Å². The Balaban J connectivity index is 2.23. The summed E-state index contributed by atoms with van der Waals surface area (Å²) in [5.41, 5.74) is 1.09. The SMILES string of the molecule is CN(C(=[Se])c1ccccc1)c1nn[nH]n1. The maximum absolute atomic E-state index is 3.90. The third-order valence-corrected chi connectivity index (χ3v) is 3.03. The molecular weight excluding hydrogens is 257 g/mol. The second-order valence-electron chi connectivity index (χ2n) is 2.94. The van der Waals surface area contributed by atoms with Crippen LogP contribution in [0, 0.1) is 0 Å². The third-order valence-electron chi connectivity index (χ3n) is 1.96. The normalized spacial score (nSPS) is 9.93. The Bertz CT molecular complexity index is 439. The molecule has 0 atom stereocenters. The Kier molecular flexibility index (Phi) is 2.89. The molecule has 0 fully saturated rings. The Morgan fingerprint density at radius 1 is 1.33 bits per heavy atom. The molecular formula is C9H9N5Se. The number of anilines is 1. The molecule has 0 bridgehead atoms. The fraction of sp³-hybridized carbons (Fsp3) is 0.111. The molecule has 0 aliphatic carbocycles. The number of hydrogen-bond acceptors (Lipinski definition) is 4. The van der Waals surface area contributed by atoms with Gasteiger partial charge in [0.25, 0.3) is 0 Å². The number of aromatic nitrogens is 4. The molecule has 0 saturated heterocycles. The van der Waals surface area contributed by atoms with Crippen molar-refractivity contribution < 1.29 is 0 Å². The predicted octanol–water partition coefficient (Wildman–Crippen LogP) is -0.0174. The molecule has 0 aliphatic heterocycles. The molecule has 0 amide bonds. The van der Waals surface area contributed by atoms with Crippen LogP contribution in [0.4, 0.5) is 5.95 Å². The van der Waals surface area contributed by atoms with Gasteiger partial charge in [0.1, 0.15) is 0 Å². The van der Waals surface area contributed by atoms with Crippen LogP contribution >= 0.6 is 0 Å². The van der Waals surface area contributed by atoms with E-state index in [4.69, 9.17) is 0 Å². The summed E-state index contributed by atoms with van der Waals surface area (Å²) in [5, 5.41) is 13.7. The van der Waals surface area contributed by atoms with E-state index >= 15 is 0 Å². The van der Waals surface area contributed by atoms with Crippen molar-refractivity contribution in [2.75, 3.05) is 11.9 Å². The number of aromatic amines is 1. The van der Waals surface area contributed by atoms with E-state index < -0.39 is 0 Å². The first-order chi connectivity index (χ1) is 7.29. The van der Waals surface area contributed by atoms with Crippen molar-refractivity contribution in [2.24, 2.45) is 0 Å². The van der Waals surface area contributed by atoms with Gasteiger partial charge in [-0.05, 0) is 0 Å². The van der Waals surface area contributed by atoms with Gasteiger partial charge in [-0.1, -0.05) is 0 Å². The molecule has 6 heteroatoms. The van der Waals surface area contributed by atoms with Gasteiger partial charge >= 0.3 is 94.5 Å². The third kappa shape index (κ3) is 2.11. The number of nitrogens with one attached hydrogen (secondary N) is 1. The molecule has 1 aromatic heterocycles. The van der Waals surface area contributed by atoms with E-state index in [-0.39, 0.29) is 0 Å². The summed E-state index contributed by atoms with van der Waals surface area (Å²) >= 11 is 3.00. The van der Waals surface area contributed by atoms with Crippen molar-refractivity contribution in [3.8, 4) is 0 Å². The number of benzene rings is 1. The van der Waals surface area contributed by atoms with Crippen molar-refractivity contribution in [2.45, 2.75) is 0 Å². The van der Waals surface area contributed by atoms with Crippen molar-refractivity contribution >= 4 is 26.1 Å². The van der Waals surface area contributed by atoms with E-state index in [0.717, 1.165) is 10.1 Å². The molecule has 0 spiro atoms. The van der Waals surface area contributed by atoms with E-state index in [1.54, 1.807) is 0 Å². The van der Waals surface area contributed by atoms with Gasteiger partial charge in [-0.2, -0.15) is 0 Å². The van der Waals surface area contributed by atoms with Crippen LogP contribution < -0.4 is 4.90 Å². The summed E-state index contributed by atoms with van der Waals surface area (Å²) in [6, 6.07) is 9.98. The topological polar surface area (TPSA) is 57.7 Å². The number of hydrogen-bond donors (Lipinski definition) is 1. The van der Waals surface area contributed by atoms with Gasteiger partial charge in [0.2, 0.25) is 0 Å². The minimum atomic E-state index is 0.535. The Labute approximate surface area is 94.9 Å². The predicted molar refractivity (Wildman–Crippen MR) is 58.9 cm³/mol. The number of H-pyrrole nitrogens is 1. The van der Waals surface area contributed by atoms with Gasteiger partial charge in [0.15, 0.2) is 0 Å². The fourth-order valence-corrected chi connectivity index (χ4v) is 1.62. The number of nitrogens with zero attached hydrogens (tertiary/aromatic N) is 4. The van der Waals surface area contributed by atoms with Crippen molar-refractivity contribution in [3.05, 3.63) is 35.9 Å². The monoisotopic (exact) mass is 267 g/mol. The molecule has 1 heterocycles. The molecule has 0 radical (unpaired) electrons. The van der Waals surface area contributed by atoms with Gasteiger partial charge in [0, 0.05) is 0 Å². The van der Waals surface area contributed by atoms with Crippen LogP contribution in [0.25, 0.3) is 0 Å². The molecule has 76 valence electrons. The second kappa shape index (κ2) is 4.33. The van der Waals surface area contributed by atoms with Crippen LogP contribution in [0.2, 0.25) is 0 Å². The molecule has 2 aromatic rings. The van der Waals surface area contributed by atoms with Crippen LogP contribution in [-0.4, -0.2) is 47.8 Å². The Morgan fingerprint density at radius 3 is 2.67 bits per heavy atom. The fourth-order valence-electron chi connectivity index (χ4n) is 1.16. The van der Waals surface area contributed by atoms with Gasteiger partial charge in [-0.25, -0.2) is 0 Å². The van der Waals surface area contributed by atoms with Crippen LogP contribution in [0.15, 0.2) is 30.3 Å². The molecule has 15 heavy (non-hydrogen) atoms. The van der Waals surface area contributed by atoms with E-state index in [1.165, 1.54) is 0 Å². The molecule has 2 rings (SSSR count). The summed E-state index contributed by atoms with van der Waals surface area (Å²) in [7, 11) is 1.88. The van der Waals surface area contributed by atoms with Gasteiger partial charge in [0.05, 0.1) is 0 Å². The number of rotatable bonds is 3. The molecule has 1 N–H and O–H groups in total. The van der Waals surface area contributed by atoms with E-state index in [2.05, 4.69) is 36.2 Å². The molecule has 0 unspecified atom stereocenters. The van der Waals surface area contributed by atoms with Crippen LogP contribution in [0.5, 0.6) is 0 Å². The van der Waals surface area contributed by atoms with Crippen molar-refractivity contribution in [1.29, 1.82) is 0 Å². The molecule has 0 saturated carbocycles. The molecule has 5 nitrogen and oxygen atoms in total. The van der Waals surface area contributed by atoms with E-state index in [0.29, 0.717) is 5.95 Å². The zero-order valence-electron chi connectivity index (χ0n) is 8.08. The van der Waals surface area contributed by atoms with Crippen molar-refractivity contribution in [1.82, 2.24) is 20.6 Å². The van der Waals surface area contributed by atoms with Crippen LogP contribution in [0.3, 0.4) is 0 Å². The average Bonchev–Trinajstić information content (AvgIpc) is 2.82. The first-order valence-corrected chi connectivity index (χ1v) is 5.21. The van der Waals surface area contributed by atoms with E-state index in [9.17, 15) is 0 Å². The van der Waals surface area contributed by atoms with Crippen molar-refractivity contribution in [3.63, 3.8) is 0 Å². The Hall–Kier alpha value is -1.52.